The lowest BCUT2D eigenvalue weighted by atomic mass is 10.0. The first-order valence-electron chi connectivity index (χ1n) is 6.79. The van der Waals surface area contributed by atoms with Crippen molar-refractivity contribution in [1.29, 1.82) is 0 Å². The lowest BCUT2D eigenvalue weighted by Crippen LogP contribution is -2.46. The van der Waals surface area contributed by atoms with E-state index in [0.717, 1.165) is 45.6 Å². The third-order valence-electron chi connectivity index (χ3n) is 2.84. The van der Waals surface area contributed by atoms with Gasteiger partial charge in [0.25, 0.3) is 0 Å². The molecule has 1 aliphatic rings. The van der Waals surface area contributed by atoms with E-state index in [-0.39, 0.29) is 11.9 Å². The molecule has 17 heavy (non-hydrogen) atoms. The smallest absolute Gasteiger partial charge is 0.237 e. The summed E-state index contributed by atoms with van der Waals surface area (Å²) in [5, 5.41) is 6.20. The summed E-state index contributed by atoms with van der Waals surface area (Å²) < 4.78 is 5.46. The second-order valence-electron chi connectivity index (χ2n) is 5.12. The summed E-state index contributed by atoms with van der Waals surface area (Å²) in [6.45, 7) is 7.49. The van der Waals surface area contributed by atoms with Gasteiger partial charge in [0.2, 0.25) is 5.91 Å². The Morgan fingerprint density at radius 2 is 2.29 bits per heavy atom. The van der Waals surface area contributed by atoms with Gasteiger partial charge in [-0.25, -0.2) is 0 Å². The van der Waals surface area contributed by atoms with Crippen molar-refractivity contribution in [3.63, 3.8) is 0 Å². The third-order valence-corrected chi connectivity index (χ3v) is 2.84. The van der Waals surface area contributed by atoms with Crippen LogP contribution in [0.25, 0.3) is 0 Å². The van der Waals surface area contributed by atoms with Crippen LogP contribution in [0.3, 0.4) is 0 Å². The molecule has 0 spiro atoms. The first-order valence-corrected chi connectivity index (χ1v) is 6.79. The van der Waals surface area contributed by atoms with Gasteiger partial charge in [-0.1, -0.05) is 20.3 Å². The van der Waals surface area contributed by atoms with Gasteiger partial charge in [0, 0.05) is 19.8 Å². The number of amides is 1. The second-order valence-corrected chi connectivity index (χ2v) is 5.12. The van der Waals surface area contributed by atoms with Crippen LogP contribution in [0.2, 0.25) is 0 Å². The minimum atomic E-state index is 0.0281. The maximum Gasteiger partial charge on any atom is 0.237 e. The molecule has 1 unspecified atom stereocenters. The average molecular weight is 242 g/mol. The first kappa shape index (κ1) is 14.5. The molecule has 1 aliphatic heterocycles. The van der Waals surface area contributed by atoms with Crippen molar-refractivity contribution in [2.75, 3.05) is 26.3 Å². The van der Waals surface area contributed by atoms with Crippen LogP contribution in [-0.2, 0) is 9.53 Å². The Morgan fingerprint density at radius 1 is 1.47 bits per heavy atom. The Morgan fingerprint density at radius 3 is 2.94 bits per heavy atom. The van der Waals surface area contributed by atoms with Crippen molar-refractivity contribution in [3.8, 4) is 0 Å². The van der Waals surface area contributed by atoms with Crippen LogP contribution in [0.15, 0.2) is 0 Å². The lowest BCUT2D eigenvalue weighted by molar-refractivity contribution is -0.123. The summed E-state index contributed by atoms with van der Waals surface area (Å²) in [5.74, 6) is 0.726. The van der Waals surface area contributed by atoms with Gasteiger partial charge >= 0.3 is 0 Å². The van der Waals surface area contributed by atoms with Gasteiger partial charge in [-0.2, -0.15) is 0 Å². The van der Waals surface area contributed by atoms with Gasteiger partial charge in [-0.15, -0.1) is 0 Å². The van der Waals surface area contributed by atoms with E-state index in [1.807, 2.05) is 0 Å². The van der Waals surface area contributed by atoms with Gasteiger partial charge < -0.3 is 15.4 Å². The molecule has 1 heterocycles. The highest BCUT2D eigenvalue weighted by atomic mass is 16.5. The molecule has 100 valence electrons. The van der Waals surface area contributed by atoms with Crippen LogP contribution >= 0.6 is 0 Å². The van der Waals surface area contributed by atoms with Crippen molar-refractivity contribution >= 4 is 5.91 Å². The molecule has 0 aromatic heterocycles. The molecule has 1 rings (SSSR count). The maximum atomic E-state index is 11.7. The Labute approximate surface area is 104 Å². The molecule has 4 nitrogen and oxygen atoms in total. The zero-order chi connectivity index (χ0) is 12.5. The highest BCUT2D eigenvalue weighted by Gasteiger charge is 2.19. The number of piperidine rings is 1. The summed E-state index contributed by atoms with van der Waals surface area (Å²) >= 11 is 0. The Kier molecular flexibility index (Phi) is 7.21. The molecule has 1 fully saturated rings. The maximum absolute atomic E-state index is 11.7. The van der Waals surface area contributed by atoms with Crippen molar-refractivity contribution in [3.05, 3.63) is 0 Å². The Bertz CT molecular complexity index is 213. The first-order chi connectivity index (χ1) is 8.20. The van der Waals surface area contributed by atoms with Gasteiger partial charge in [0.1, 0.15) is 0 Å². The number of nitrogens with one attached hydrogen (secondary N) is 2. The van der Waals surface area contributed by atoms with Gasteiger partial charge in [-0.3, -0.25) is 4.79 Å². The van der Waals surface area contributed by atoms with Crippen LogP contribution in [-0.4, -0.2) is 38.3 Å². The molecular weight excluding hydrogens is 216 g/mol. The molecule has 0 saturated carbocycles. The highest BCUT2D eigenvalue weighted by molar-refractivity contribution is 5.81. The SMILES string of the molecule is CC(C)COCCCNC(=O)C1CCCCN1. The molecule has 2 N–H and O–H groups in total. The van der Waals surface area contributed by atoms with Crippen molar-refractivity contribution in [1.82, 2.24) is 10.6 Å². The molecule has 4 heteroatoms. The van der Waals surface area contributed by atoms with Crippen molar-refractivity contribution in [2.24, 2.45) is 5.92 Å². The molecule has 0 aromatic rings. The topological polar surface area (TPSA) is 50.4 Å². The molecule has 1 amide bonds. The Balaban J connectivity index is 1.96. The quantitative estimate of drug-likeness (QED) is 0.662. The van der Waals surface area contributed by atoms with E-state index in [1.54, 1.807) is 0 Å². The predicted molar refractivity (Wildman–Crippen MR) is 68.9 cm³/mol. The second kappa shape index (κ2) is 8.48. The number of hydrogen-bond donors (Lipinski definition) is 2. The third kappa shape index (κ3) is 6.64. The van der Waals surface area contributed by atoms with Gasteiger partial charge in [0.05, 0.1) is 6.04 Å². The molecule has 0 aliphatic carbocycles. The van der Waals surface area contributed by atoms with Crippen molar-refractivity contribution < 1.29 is 9.53 Å². The van der Waals surface area contributed by atoms with Crippen LogP contribution in [0, 0.1) is 5.92 Å². The van der Waals surface area contributed by atoms with E-state index in [4.69, 9.17) is 4.74 Å². The van der Waals surface area contributed by atoms with Gasteiger partial charge in [-0.05, 0) is 31.7 Å². The van der Waals surface area contributed by atoms with E-state index < -0.39 is 0 Å². The van der Waals surface area contributed by atoms with Gasteiger partial charge in [0.15, 0.2) is 0 Å². The van der Waals surface area contributed by atoms with Crippen LogP contribution in [0.1, 0.15) is 39.5 Å². The largest absolute Gasteiger partial charge is 0.381 e. The monoisotopic (exact) mass is 242 g/mol. The minimum absolute atomic E-state index is 0.0281. The van der Waals surface area contributed by atoms with Crippen LogP contribution < -0.4 is 10.6 Å². The number of hydrogen-bond acceptors (Lipinski definition) is 3. The minimum Gasteiger partial charge on any atom is -0.381 e. The molecule has 0 aromatic carbocycles. The zero-order valence-electron chi connectivity index (χ0n) is 11.1. The van der Waals surface area contributed by atoms with E-state index in [9.17, 15) is 4.79 Å². The summed E-state index contributed by atoms with van der Waals surface area (Å²) in [6, 6.07) is 0.0281. The standard InChI is InChI=1S/C13H26N2O2/c1-11(2)10-17-9-5-8-15-13(16)12-6-3-4-7-14-12/h11-12,14H,3-10H2,1-2H3,(H,15,16). The fourth-order valence-corrected chi connectivity index (χ4v) is 1.90. The molecule has 1 saturated heterocycles. The summed E-state index contributed by atoms with van der Waals surface area (Å²) in [7, 11) is 0. The molecule has 0 bridgehead atoms. The molecule has 0 radical (unpaired) electrons. The Hall–Kier alpha value is -0.610. The van der Waals surface area contributed by atoms with Crippen LogP contribution in [0.5, 0.6) is 0 Å². The van der Waals surface area contributed by atoms with E-state index in [1.165, 1.54) is 6.42 Å². The number of rotatable bonds is 7. The highest BCUT2D eigenvalue weighted by Crippen LogP contribution is 2.06. The number of ether oxygens (including phenoxy) is 1. The fourth-order valence-electron chi connectivity index (χ4n) is 1.90. The number of carbonyl (C=O) groups is 1. The van der Waals surface area contributed by atoms with Crippen LogP contribution in [0.4, 0.5) is 0 Å². The average Bonchev–Trinajstić information content (AvgIpc) is 2.34. The normalized spacial score (nSPS) is 20.5. The fraction of sp³-hybridized carbons (Fsp3) is 0.923. The van der Waals surface area contributed by atoms with E-state index >= 15 is 0 Å². The molecule has 1 atom stereocenters. The summed E-state index contributed by atoms with van der Waals surface area (Å²) in [6.07, 6.45) is 4.20. The summed E-state index contributed by atoms with van der Waals surface area (Å²) in [4.78, 5) is 11.7. The van der Waals surface area contributed by atoms with Crippen molar-refractivity contribution in [2.45, 2.75) is 45.6 Å². The summed E-state index contributed by atoms with van der Waals surface area (Å²) in [5.41, 5.74) is 0. The number of carbonyl (C=O) groups excluding carboxylic acids is 1. The zero-order valence-corrected chi connectivity index (χ0v) is 11.1. The van der Waals surface area contributed by atoms with E-state index in [2.05, 4.69) is 24.5 Å². The molecular formula is C13H26N2O2. The predicted octanol–water partition coefficient (Wildman–Crippen LogP) is 1.31. The lowest BCUT2D eigenvalue weighted by Gasteiger charge is -2.22. The van der Waals surface area contributed by atoms with E-state index in [0.29, 0.717) is 5.92 Å².